The maximum absolute atomic E-state index is 15.1. The van der Waals surface area contributed by atoms with Crippen molar-refractivity contribution in [2.45, 2.75) is 209 Å². The lowest BCUT2D eigenvalue weighted by Gasteiger charge is -2.41. The molecular formula is C59H105N11O12. The van der Waals surface area contributed by atoms with Gasteiger partial charge in [-0.15, -0.1) is 0 Å². The molecule has 11 amide bonds. The number of hydrogen-bond donors (Lipinski definition) is 5. The monoisotopic (exact) mass is 1160 g/mol. The van der Waals surface area contributed by atoms with Crippen LogP contribution in [0.15, 0.2) is 12.2 Å². The number of carbonyl (C=O) groups is 11. The molecule has 1 rings (SSSR count). The standard InChI is InChI=1S/C59H105N11O12/c1-24-26-27-37(13)49(72)48-53(76)61-41(25-2)55(78)64(17)31-45(71)65(18)39(15)51(74)63-46(35(9)10)58(81)66(19)40(16)50(73)62-42(28-32(3)4)52(75)60-38(14)54(77)67(20)43(29-33(5)6)56(79)68(21)44(30-34(7)8)57(80)69(22)47(36(11)12)59(82)70(48)23/h24,26,32-44,46-49,72H,25,27-31H2,1-23H3,(H,60,75)(H,61,76)(H,62,73)(H,63,74)/b26-24+/t37-,38-,39-,40+,41+,42+,43+,44-,46+,47+,48+,49-/m1/s1. The smallest absolute Gasteiger partial charge is 0.246 e. The summed E-state index contributed by atoms with van der Waals surface area (Å²) in [6.07, 6.45) is 2.86. The van der Waals surface area contributed by atoms with E-state index >= 15 is 9.59 Å². The van der Waals surface area contributed by atoms with Gasteiger partial charge in [-0.2, -0.15) is 0 Å². The number of amides is 11. The van der Waals surface area contributed by atoms with Gasteiger partial charge in [0.25, 0.3) is 0 Å². The Bertz CT molecular complexity index is 2260. The van der Waals surface area contributed by atoms with Crippen LogP contribution in [-0.4, -0.2) is 227 Å². The summed E-state index contributed by atoms with van der Waals surface area (Å²) in [5.41, 5.74) is 0. The number of aliphatic hydroxyl groups is 1. The first-order valence-corrected chi connectivity index (χ1v) is 29.2. The van der Waals surface area contributed by atoms with Crippen molar-refractivity contribution in [2.75, 3.05) is 55.9 Å². The van der Waals surface area contributed by atoms with Crippen molar-refractivity contribution < 1.29 is 57.8 Å². The Labute approximate surface area is 489 Å². The molecule has 0 radical (unpaired) electrons. The molecule has 1 fully saturated rings. The van der Waals surface area contributed by atoms with Gasteiger partial charge in [0.1, 0.15) is 60.4 Å². The Morgan fingerprint density at radius 2 is 0.939 bits per heavy atom. The van der Waals surface area contributed by atoms with Gasteiger partial charge in [-0.25, -0.2) is 0 Å². The van der Waals surface area contributed by atoms with Crippen LogP contribution in [-0.2, 0) is 52.7 Å². The molecule has 468 valence electrons. The van der Waals surface area contributed by atoms with E-state index in [0.29, 0.717) is 6.42 Å². The Hall–Kier alpha value is -6.13. The van der Waals surface area contributed by atoms with E-state index in [2.05, 4.69) is 21.3 Å². The minimum atomic E-state index is -1.61. The Balaban J connectivity index is 4.24. The highest BCUT2D eigenvalue weighted by Gasteiger charge is 2.45. The molecule has 0 bridgehead atoms. The zero-order chi connectivity index (χ0) is 63.7. The van der Waals surface area contributed by atoms with Gasteiger partial charge >= 0.3 is 0 Å². The van der Waals surface area contributed by atoms with E-state index in [9.17, 15) is 48.3 Å². The minimum Gasteiger partial charge on any atom is -0.390 e. The van der Waals surface area contributed by atoms with E-state index < -0.39 is 156 Å². The highest BCUT2D eigenvalue weighted by atomic mass is 16.3. The van der Waals surface area contributed by atoms with Gasteiger partial charge in [-0.05, 0) is 95.3 Å². The van der Waals surface area contributed by atoms with Gasteiger partial charge in [0.15, 0.2) is 0 Å². The van der Waals surface area contributed by atoms with Crippen LogP contribution in [0, 0.1) is 35.5 Å². The lowest BCUT2D eigenvalue weighted by molar-refractivity contribution is -0.157. The van der Waals surface area contributed by atoms with Crippen molar-refractivity contribution in [3.8, 4) is 0 Å². The van der Waals surface area contributed by atoms with E-state index in [1.807, 2.05) is 41.5 Å². The molecule has 12 atom stereocenters. The third-order valence-electron chi connectivity index (χ3n) is 15.7. The first kappa shape index (κ1) is 73.9. The highest BCUT2D eigenvalue weighted by Crippen LogP contribution is 2.25. The van der Waals surface area contributed by atoms with Crippen LogP contribution in [0.1, 0.15) is 143 Å². The molecule has 23 nitrogen and oxygen atoms in total. The van der Waals surface area contributed by atoms with Gasteiger partial charge in [0.2, 0.25) is 65.0 Å². The van der Waals surface area contributed by atoms with Crippen LogP contribution in [0.2, 0.25) is 0 Å². The molecule has 0 saturated carbocycles. The average molecular weight is 1160 g/mol. The topological polar surface area (TPSA) is 279 Å². The third-order valence-corrected chi connectivity index (χ3v) is 15.7. The SMILES string of the molecule is C/C=C/C[C@@H](C)[C@@H](O)[C@H]1C(=O)N[C@@H](CC)C(=O)N(C)CC(=O)N(C)[C@H](C)C(=O)N[C@@H](C(C)C)C(=O)N(C)[C@@H](C)C(=O)N[C@@H](CC(C)C)C(=O)N[C@H](C)C(=O)N(C)[C@@H](CC(C)C)C(=O)N(C)[C@H](CC(C)C)C(=O)N(C)[C@@H](C(C)C)C(=O)N1C. The molecule has 1 saturated heterocycles. The van der Waals surface area contributed by atoms with Gasteiger partial charge in [-0.1, -0.05) is 95.2 Å². The first-order chi connectivity index (χ1) is 37.8. The van der Waals surface area contributed by atoms with E-state index in [4.69, 9.17) is 0 Å². The van der Waals surface area contributed by atoms with Crippen molar-refractivity contribution in [3.63, 3.8) is 0 Å². The summed E-state index contributed by atoms with van der Waals surface area (Å²) >= 11 is 0. The lowest BCUT2D eigenvalue weighted by Crippen LogP contribution is -2.63. The predicted octanol–water partition coefficient (Wildman–Crippen LogP) is 2.24. The maximum atomic E-state index is 15.1. The number of nitrogens with zero attached hydrogens (tertiary/aromatic N) is 7. The van der Waals surface area contributed by atoms with Gasteiger partial charge in [0.05, 0.1) is 12.6 Å². The molecule has 0 aromatic rings. The fourth-order valence-corrected chi connectivity index (χ4v) is 9.96. The summed E-state index contributed by atoms with van der Waals surface area (Å²) in [6.45, 7) is 27.0. The van der Waals surface area contributed by atoms with Crippen molar-refractivity contribution in [2.24, 2.45) is 35.5 Å². The second kappa shape index (κ2) is 33.2. The molecule has 0 unspecified atom stereocenters. The largest absolute Gasteiger partial charge is 0.390 e. The molecule has 1 aliphatic heterocycles. The van der Waals surface area contributed by atoms with E-state index in [1.165, 1.54) is 84.8 Å². The summed E-state index contributed by atoms with van der Waals surface area (Å²) in [7, 11) is 9.77. The molecule has 1 heterocycles. The third kappa shape index (κ3) is 20.1. The molecule has 0 aliphatic carbocycles. The molecule has 1 aliphatic rings. The Morgan fingerprint density at radius 3 is 1.40 bits per heavy atom. The van der Waals surface area contributed by atoms with Crippen LogP contribution < -0.4 is 21.3 Å². The van der Waals surface area contributed by atoms with E-state index in [1.54, 1.807) is 60.6 Å². The molecular weight excluding hydrogens is 1050 g/mol. The summed E-state index contributed by atoms with van der Waals surface area (Å²) in [5, 5.41) is 22.9. The number of aliphatic hydroxyl groups excluding tert-OH is 1. The number of likely N-dealkylation sites (N-methyl/N-ethyl adjacent to an activating group) is 7. The van der Waals surface area contributed by atoms with Crippen LogP contribution in [0.3, 0.4) is 0 Å². The molecule has 0 aromatic heterocycles. The number of hydrogen-bond acceptors (Lipinski definition) is 12. The van der Waals surface area contributed by atoms with Crippen molar-refractivity contribution >= 4 is 65.0 Å². The predicted molar refractivity (Wildman–Crippen MR) is 315 cm³/mol. The Morgan fingerprint density at radius 1 is 0.488 bits per heavy atom. The van der Waals surface area contributed by atoms with E-state index in [0.717, 1.165) is 19.6 Å². The number of nitrogens with one attached hydrogen (secondary N) is 4. The second-order valence-electron chi connectivity index (χ2n) is 24.6. The quantitative estimate of drug-likeness (QED) is 0.166. The normalized spacial score (nSPS) is 27.4. The van der Waals surface area contributed by atoms with Crippen molar-refractivity contribution in [1.82, 2.24) is 55.6 Å². The maximum Gasteiger partial charge on any atom is 0.246 e. The number of carbonyl (C=O) groups excluding carboxylic acids is 11. The second-order valence-corrected chi connectivity index (χ2v) is 24.6. The molecule has 23 heteroatoms. The zero-order valence-electron chi connectivity index (χ0n) is 53.8. The van der Waals surface area contributed by atoms with Crippen molar-refractivity contribution in [3.05, 3.63) is 12.2 Å². The van der Waals surface area contributed by atoms with Gasteiger partial charge in [0, 0.05) is 49.3 Å². The summed E-state index contributed by atoms with van der Waals surface area (Å²) in [6, 6.07) is -12.3. The fraction of sp³-hybridized carbons (Fsp3) is 0.780. The molecule has 0 spiro atoms. The number of rotatable bonds is 13. The van der Waals surface area contributed by atoms with E-state index in [-0.39, 0.29) is 43.4 Å². The summed E-state index contributed by atoms with van der Waals surface area (Å²) in [5.74, 6) is -9.66. The average Bonchev–Trinajstić information content (AvgIpc) is 3.59. The van der Waals surface area contributed by atoms with Crippen LogP contribution in [0.5, 0.6) is 0 Å². The van der Waals surface area contributed by atoms with Crippen LogP contribution in [0.25, 0.3) is 0 Å². The minimum absolute atomic E-state index is 0.0234. The summed E-state index contributed by atoms with van der Waals surface area (Å²) < 4.78 is 0. The highest BCUT2D eigenvalue weighted by molar-refractivity contribution is 5.99. The van der Waals surface area contributed by atoms with Gasteiger partial charge < -0.3 is 60.7 Å². The van der Waals surface area contributed by atoms with Crippen LogP contribution in [0.4, 0.5) is 0 Å². The van der Waals surface area contributed by atoms with Crippen LogP contribution >= 0.6 is 0 Å². The fourth-order valence-electron chi connectivity index (χ4n) is 9.96. The number of allylic oxidation sites excluding steroid dienone is 2. The van der Waals surface area contributed by atoms with Crippen molar-refractivity contribution in [1.29, 1.82) is 0 Å². The molecule has 5 N–H and O–H groups in total. The Kier molecular flexibility index (Phi) is 29.9. The molecule has 82 heavy (non-hydrogen) atoms. The zero-order valence-corrected chi connectivity index (χ0v) is 53.8. The summed E-state index contributed by atoms with van der Waals surface area (Å²) in [4.78, 5) is 166. The first-order valence-electron chi connectivity index (χ1n) is 29.2. The molecule has 0 aromatic carbocycles. The van der Waals surface area contributed by atoms with Gasteiger partial charge in [-0.3, -0.25) is 52.7 Å². The lowest BCUT2D eigenvalue weighted by atomic mass is 9.91.